The van der Waals surface area contributed by atoms with Crippen molar-refractivity contribution in [2.24, 2.45) is 5.41 Å². The number of hydrogen-bond acceptors (Lipinski definition) is 1. The van der Waals surface area contributed by atoms with E-state index in [4.69, 9.17) is 0 Å². The van der Waals surface area contributed by atoms with Crippen LogP contribution >= 0.6 is 0 Å². The lowest BCUT2D eigenvalue weighted by Crippen LogP contribution is -2.30. The van der Waals surface area contributed by atoms with Gasteiger partial charge >= 0.3 is 0 Å². The summed E-state index contributed by atoms with van der Waals surface area (Å²) >= 11 is 0. The van der Waals surface area contributed by atoms with Crippen molar-refractivity contribution in [1.29, 1.82) is 0 Å². The Morgan fingerprint density at radius 3 is 2.07 bits per heavy atom. The first-order valence-corrected chi connectivity index (χ1v) is 9.85. The zero-order chi connectivity index (χ0) is 19.2. The minimum atomic E-state index is -0.0164. The third-order valence-electron chi connectivity index (χ3n) is 5.54. The summed E-state index contributed by atoms with van der Waals surface area (Å²) in [6.07, 6.45) is 1.07. The maximum absolute atomic E-state index is 2.43. The van der Waals surface area contributed by atoms with Crippen molar-refractivity contribution in [1.82, 2.24) is 0 Å². The Labute approximate surface area is 163 Å². The lowest BCUT2D eigenvalue weighted by Gasteiger charge is -2.42. The van der Waals surface area contributed by atoms with Crippen LogP contribution in [0.3, 0.4) is 0 Å². The Kier molecular flexibility index (Phi) is 4.14. The predicted octanol–water partition coefficient (Wildman–Crippen LogP) is 7.38. The maximum atomic E-state index is 2.43. The first-order valence-electron chi connectivity index (χ1n) is 9.85. The van der Waals surface area contributed by atoms with Crippen molar-refractivity contribution in [3.63, 3.8) is 0 Å². The molecular formula is C26H29N. The highest BCUT2D eigenvalue weighted by atomic mass is 15.2. The molecule has 0 saturated heterocycles. The van der Waals surface area contributed by atoms with Gasteiger partial charge in [-0.15, -0.1) is 0 Å². The molecule has 1 nitrogen and oxygen atoms in total. The SMILES string of the molecule is CC(C)(C)Cc1ccc2c(c1)N(c1ccccc1)c1ccccc1C2(C)C. The third-order valence-corrected chi connectivity index (χ3v) is 5.54. The van der Waals surface area contributed by atoms with Gasteiger partial charge in [-0.25, -0.2) is 0 Å². The summed E-state index contributed by atoms with van der Waals surface area (Å²) in [7, 11) is 0. The molecule has 0 unspecified atom stereocenters. The fourth-order valence-electron chi connectivity index (χ4n) is 4.34. The second kappa shape index (κ2) is 6.27. The number of para-hydroxylation sites is 2. The molecule has 1 aliphatic heterocycles. The Balaban J connectivity index is 1.96. The molecule has 3 aromatic rings. The molecular weight excluding hydrogens is 326 g/mol. The number of rotatable bonds is 2. The standard InChI is InChI=1S/C26H29N/c1-25(2,3)18-19-15-16-22-24(17-19)27(20-11-7-6-8-12-20)23-14-10-9-13-21(23)26(22,4)5/h6-17H,18H2,1-5H3. The highest BCUT2D eigenvalue weighted by Gasteiger charge is 2.36. The topological polar surface area (TPSA) is 3.24 Å². The second-order valence-electron chi connectivity index (χ2n) is 9.40. The van der Waals surface area contributed by atoms with E-state index in [2.05, 4.69) is 112 Å². The van der Waals surface area contributed by atoms with E-state index in [1.165, 1.54) is 33.8 Å². The summed E-state index contributed by atoms with van der Waals surface area (Å²) in [5.41, 5.74) is 8.24. The first-order chi connectivity index (χ1) is 12.8. The van der Waals surface area contributed by atoms with Crippen molar-refractivity contribution in [3.8, 4) is 0 Å². The van der Waals surface area contributed by atoms with Gasteiger partial charge in [0.25, 0.3) is 0 Å². The molecule has 1 heteroatoms. The van der Waals surface area contributed by atoms with Gasteiger partial charge in [-0.3, -0.25) is 0 Å². The number of fused-ring (bicyclic) bond motifs is 2. The van der Waals surface area contributed by atoms with Crippen molar-refractivity contribution in [2.75, 3.05) is 4.90 Å². The number of benzene rings is 3. The van der Waals surface area contributed by atoms with Crippen molar-refractivity contribution >= 4 is 17.1 Å². The van der Waals surface area contributed by atoms with Gasteiger partial charge in [-0.2, -0.15) is 0 Å². The van der Waals surface area contributed by atoms with Gasteiger partial charge in [0.15, 0.2) is 0 Å². The smallest absolute Gasteiger partial charge is 0.0505 e. The van der Waals surface area contributed by atoms with Crippen LogP contribution in [0.25, 0.3) is 0 Å². The van der Waals surface area contributed by atoms with Crippen LogP contribution in [0.1, 0.15) is 51.3 Å². The molecule has 0 atom stereocenters. The molecule has 1 aliphatic rings. The van der Waals surface area contributed by atoms with Crippen molar-refractivity contribution in [2.45, 2.75) is 46.5 Å². The molecule has 27 heavy (non-hydrogen) atoms. The quantitative estimate of drug-likeness (QED) is 0.463. The number of hydrogen-bond donors (Lipinski definition) is 0. The molecule has 0 aliphatic carbocycles. The predicted molar refractivity (Wildman–Crippen MR) is 116 cm³/mol. The van der Waals surface area contributed by atoms with Crippen LogP contribution in [-0.2, 0) is 11.8 Å². The molecule has 3 aromatic carbocycles. The molecule has 0 fully saturated rings. The highest BCUT2D eigenvalue weighted by molar-refractivity contribution is 5.86. The Bertz CT molecular complexity index is 961. The van der Waals surface area contributed by atoms with Crippen LogP contribution in [0.2, 0.25) is 0 Å². The molecule has 1 heterocycles. The zero-order valence-electron chi connectivity index (χ0n) is 17.1. The van der Waals surface area contributed by atoms with Crippen LogP contribution in [0, 0.1) is 5.41 Å². The third kappa shape index (κ3) is 3.16. The van der Waals surface area contributed by atoms with E-state index in [0.717, 1.165) is 6.42 Å². The lowest BCUT2D eigenvalue weighted by molar-refractivity contribution is 0.411. The molecule has 0 bridgehead atoms. The Morgan fingerprint density at radius 2 is 1.37 bits per heavy atom. The van der Waals surface area contributed by atoms with E-state index in [1.807, 2.05) is 0 Å². The maximum Gasteiger partial charge on any atom is 0.0505 e. The van der Waals surface area contributed by atoms with E-state index in [-0.39, 0.29) is 10.8 Å². The average molecular weight is 356 g/mol. The van der Waals surface area contributed by atoms with E-state index in [0.29, 0.717) is 0 Å². The van der Waals surface area contributed by atoms with E-state index in [1.54, 1.807) is 0 Å². The van der Waals surface area contributed by atoms with Crippen LogP contribution < -0.4 is 4.90 Å². The molecule has 0 spiro atoms. The van der Waals surface area contributed by atoms with Crippen molar-refractivity contribution < 1.29 is 0 Å². The van der Waals surface area contributed by atoms with Crippen molar-refractivity contribution in [3.05, 3.63) is 89.5 Å². The van der Waals surface area contributed by atoms with E-state index >= 15 is 0 Å². The average Bonchev–Trinajstić information content (AvgIpc) is 2.61. The number of anilines is 3. The summed E-state index contributed by atoms with van der Waals surface area (Å²) in [6, 6.07) is 26.6. The number of nitrogens with zero attached hydrogens (tertiary/aromatic N) is 1. The molecule has 0 amide bonds. The van der Waals surface area contributed by atoms with Gasteiger partial charge in [0, 0.05) is 11.1 Å². The van der Waals surface area contributed by atoms with E-state index < -0.39 is 0 Å². The Morgan fingerprint density at radius 1 is 0.741 bits per heavy atom. The minimum absolute atomic E-state index is 0.0164. The van der Waals surface area contributed by atoms with Gasteiger partial charge in [0.1, 0.15) is 0 Å². The molecule has 4 rings (SSSR count). The monoisotopic (exact) mass is 355 g/mol. The first kappa shape index (κ1) is 17.9. The molecule has 138 valence electrons. The van der Waals surface area contributed by atoms with Gasteiger partial charge < -0.3 is 4.90 Å². The van der Waals surface area contributed by atoms with Gasteiger partial charge in [-0.05, 0) is 52.8 Å². The summed E-state index contributed by atoms with van der Waals surface area (Å²) < 4.78 is 0. The molecule has 0 saturated carbocycles. The lowest BCUT2D eigenvalue weighted by atomic mass is 9.73. The Hall–Kier alpha value is -2.54. The minimum Gasteiger partial charge on any atom is -0.310 e. The molecule has 0 N–H and O–H groups in total. The summed E-state index contributed by atoms with van der Waals surface area (Å²) in [4.78, 5) is 2.43. The van der Waals surface area contributed by atoms with Gasteiger partial charge in [-0.1, -0.05) is 83.1 Å². The van der Waals surface area contributed by atoms with Crippen LogP contribution in [0.15, 0.2) is 72.8 Å². The summed E-state index contributed by atoms with van der Waals surface area (Å²) in [6.45, 7) is 11.6. The molecule has 0 aromatic heterocycles. The summed E-state index contributed by atoms with van der Waals surface area (Å²) in [5, 5.41) is 0. The fraction of sp³-hybridized carbons (Fsp3) is 0.308. The van der Waals surface area contributed by atoms with E-state index in [9.17, 15) is 0 Å². The van der Waals surface area contributed by atoms with Crippen LogP contribution in [-0.4, -0.2) is 0 Å². The van der Waals surface area contributed by atoms with Gasteiger partial charge in [0.2, 0.25) is 0 Å². The fourth-order valence-corrected chi connectivity index (χ4v) is 4.34. The van der Waals surface area contributed by atoms with Gasteiger partial charge in [0.05, 0.1) is 11.4 Å². The summed E-state index contributed by atoms with van der Waals surface area (Å²) in [5.74, 6) is 0. The zero-order valence-corrected chi connectivity index (χ0v) is 17.1. The normalized spacial score (nSPS) is 15.2. The largest absolute Gasteiger partial charge is 0.310 e. The highest BCUT2D eigenvalue weighted by Crippen LogP contribution is 2.51. The second-order valence-corrected chi connectivity index (χ2v) is 9.40. The molecule has 0 radical (unpaired) electrons. The van der Waals surface area contributed by atoms with Crippen LogP contribution in [0.5, 0.6) is 0 Å². The van der Waals surface area contributed by atoms with Crippen LogP contribution in [0.4, 0.5) is 17.1 Å².